The summed E-state index contributed by atoms with van der Waals surface area (Å²) < 4.78 is 12.7. The van der Waals surface area contributed by atoms with Crippen LogP contribution in [0.4, 0.5) is 0 Å². The summed E-state index contributed by atoms with van der Waals surface area (Å²) in [4.78, 5) is 12.2. The molecule has 3 nitrogen and oxygen atoms in total. The molecule has 0 amide bonds. The highest BCUT2D eigenvalue weighted by Gasteiger charge is 2.76. The molecule has 0 bridgehead atoms. The van der Waals surface area contributed by atoms with Crippen molar-refractivity contribution < 1.29 is 14.3 Å². The minimum atomic E-state index is -0.0697. The molecule has 1 aliphatic heterocycles. The zero-order valence-corrected chi connectivity index (χ0v) is 15.8. The molecule has 5 aliphatic carbocycles. The molecule has 1 spiro atoms. The van der Waals surface area contributed by atoms with Gasteiger partial charge >= 0.3 is 0 Å². The SMILES string of the molecule is C[C@]12CC[C@H]3[C@@H](CCC45OC4C(=O)CC[C@]35C)[C@@H]1CC[C@@H]2OC1CC1. The molecule has 5 saturated carbocycles. The fraction of sp³-hybridized carbons (Fsp3) is 0.955. The molecule has 1 saturated heterocycles. The van der Waals surface area contributed by atoms with Crippen molar-refractivity contribution >= 4 is 5.78 Å². The Balaban J connectivity index is 1.30. The van der Waals surface area contributed by atoms with Crippen LogP contribution in [0, 0.1) is 28.6 Å². The maximum absolute atomic E-state index is 12.2. The summed E-state index contributed by atoms with van der Waals surface area (Å²) >= 11 is 0. The quantitative estimate of drug-likeness (QED) is 0.702. The molecule has 2 unspecified atom stereocenters. The van der Waals surface area contributed by atoms with Crippen LogP contribution in [-0.4, -0.2) is 29.7 Å². The second-order valence-electron chi connectivity index (χ2n) is 10.6. The van der Waals surface area contributed by atoms with Crippen molar-refractivity contribution in [1.29, 1.82) is 0 Å². The maximum Gasteiger partial charge on any atom is 0.164 e. The number of rotatable bonds is 2. The average molecular weight is 344 g/mol. The molecule has 6 fully saturated rings. The van der Waals surface area contributed by atoms with Crippen LogP contribution in [0.25, 0.3) is 0 Å². The molecule has 0 radical (unpaired) electrons. The van der Waals surface area contributed by atoms with Crippen molar-refractivity contribution in [1.82, 2.24) is 0 Å². The lowest BCUT2D eigenvalue weighted by Crippen LogP contribution is -2.58. The Morgan fingerprint density at radius 3 is 2.60 bits per heavy atom. The van der Waals surface area contributed by atoms with E-state index in [1.54, 1.807) is 0 Å². The molecule has 6 aliphatic rings. The zero-order valence-electron chi connectivity index (χ0n) is 15.8. The van der Waals surface area contributed by atoms with E-state index >= 15 is 0 Å². The lowest BCUT2D eigenvalue weighted by Gasteiger charge is -2.59. The largest absolute Gasteiger partial charge is 0.374 e. The monoisotopic (exact) mass is 344 g/mol. The molecule has 3 heteroatoms. The van der Waals surface area contributed by atoms with Gasteiger partial charge in [-0.1, -0.05) is 13.8 Å². The first-order valence-corrected chi connectivity index (χ1v) is 10.8. The molecule has 0 aromatic heterocycles. The number of hydrogen-bond acceptors (Lipinski definition) is 3. The lowest BCUT2D eigenvalue weighted by atomic mass is 9.45. The third kappa shape index (κ3) is 1.83. The van der Waals surface area contributed by atoms with Gasteiger partial charge in [0.25, 0.3) is 0 Å². The number of ketones is 1. The maximum atomic E-state index is 12.2. The second kappa shape index (κ2) is 4.70. The molecule has 138 valence electrons. The van der Waals surface area contributed by atoms with Crippen molar-refractivity contribution in [2.24, 2.45) is 28.6 Å². The zero-order chi connectivity index (χ0) is 17.0. The van der Waals surface area contributed by atoms with E-state index in [2.05, 4.69) is 13.8 Å². The number of ether oxygens (including phenoxy) is 2. The van der Waals surface area contributed by atoms with Crippen molar-refractivity contribution in [3.05, 3.63) is 0 Å². The van der Waals surface area contributed by atoms with Crippen molar-refractivity contribution in [3.63, 3.8) is 0 Å². The third-order valence-corrected chi connectivity index (χ3v) is 9.74. The standard InChI is InChI=1S/C22H32O3/c1-20-10-8-16-14(15(20)5-6-18(20)24-13-3-4-13)7-12-22-19(25-22)17(23)9-11-21(16,22)2/h13-16,18-19H,3-12H2,1-2H3/t14-,15-,16-,18-,19?,20-,21+,22?/m0/s1. The fourth-order valence-electron chi connectivity index (χ4n) is 8.11. The van der Waals surface area contributed by atoms with Crippen LogP contribution in [0.2, 0.25) is 0 Å². The van der Waals surface area contributed by atoms with Crippen LogP contribution in [0.3, 0.4) is 0 Å². The van der Waals surface area contributed by atoms with Crippen LogP contribution in [-0.2, 0) is 14.3 Å². The van der Waals surface area contributed by atoms with Crippen LogP contribution in [0.1, 0.15) is 78.1 Å². The van der Waals surface area contributed by atoms with Gasteiger partial charge in [0, 0.05) is 11.8 Å². The van der Waals surface area contributed by atoms with Crippen LogP contribution < -0.4 is 0 Å². The van der Waals surface area contributed by atoms with E-state index in [0.717, 1.165) is 37.0 Å². The van der Waals surface area contributed by atoms with Gasteiger partial charge in [0.1, 0.15) is 11.7 Å². The number of Topliss-reactive ketones (excluding diaryl/α,β-unsaturated/α-hetero) is 1. The van der Waals surface area contributed by atoms with Crippen LogP contribution >= 0.6 is 0 Å². The Morgan fingerprint density at radius 1 is 0.960 bits per heavy atom. The molecule has 0 aromatic carbocycles. The third-order valence-electron chi connectivity index (χ3n) is 9.74. The number of carbonyl (C=O) groups is 1. The van der Waals surface area contributed by atoms with E-state index in [0.29, 0.717) is 23.4 Å². The molecular formula is C22H32O3. The second-order valence-corrected chi connectivity index (χ2v) is 10.6. The molecule has 0 aromatic rings. The van der Waals surface area contributed by atoms with Gasteiger partial charge in [-0.05, 0) is 81.0 Å². The lowest BCUT2D eigenvalue weighted by molar-refractivity contribution is -0.139. The fourth-order valence-corrected chi connectivity index (χ4v) is 8.11. The van der Waals surface area contributed by atoms with E-state index in [9.17, 15) is 4.79 Å². The summed E-state index contributed by atoms with van der Waals surface area (Å²) in [5, 5.41) is 0. The highest BCUT2D eigenvalue weighted by atomic mass is 16.6. The average Bonchev–Trinajstić information content (AvgIpc) is 3.48. The Hall–Kier alpha value is -0.410. The van der Waals surface area contributed by atoms with E-state index < -0.39 is 0 Å². The van der Waals surface area contributed by atoms with Gasteiger partial charge in [0.2, 0.25) is 0 Å². The first kappa shape index (κ1) is 15.6. The molecule has 8 atom stereocenters. The van der Waals surface area contributed by atoms with Gasteiger partial charge < -0.3 is 9.47 Å². The van der Waals surface area contributed by atoms with E-state index in [-0.39, 0.29) is 17.1 Å². The van der Waals surface area contributed by atoms with Crippen LogP contribution in [0.5, 0.6) is 0 Å². The smallest absolute Gasteiger partial charge is 0.164 e. The Bertz CT molecular complexity index is 627. The summed E-state index contributed by atoms with van der Waals surface area (Å²) in [6.07, 6.45) is 13.1. The topological polar surface area (TPSA) is 38.8 Å². The number of hydrogen-bond donors (Lipinski definition) is 0. The number of carbonyl (C=O) groups excluding carboxylic acids is 1. The molecule has 0 N–H and O–H groups in total. The van der Waals surface area contributed by atoms with Gasteiger partial charge in [-0.2, -0.15) is 0 Å². The van der Waals surface area contributed by atoms with E-state index in [1.807, 2.05) is 0 Å². The van der Waals surface area contributed by atoms with E-state index in [4.69, 9.17) is 9.47 Å². The Kier molecular flexibility index (Phi) is 2.94. The van der Waals surface area contributed by atoms with Gasteiger partial charge in [0.05, 0.1) is 12.2 Å². The highest BCUT2D eigenvalue weighted by Crippen LogP contribution is 2.72. The minimum Gasteiger partial charge on any atom is -0.374 e. The first-order chi connectivity index (χ1) is 12.0. The summed E-state index contributed by atoms with van der Waals surface area (Å²) in [5.41, 5.74) is 0.573. The number of fused-ring (bicyclic) bond motifs is 4. The first-order valence-electron chi connectivity index (χ1n) is 10.8. The van der Waals surface area contributed by atoms with Gasteiger partial charge in [0.15, 0.2) is 5.78 Å². The van der Waals surface area contributed by atoms with Crippen molar-refractivity contribution in [3.8, 4) is 0 Å². The van der Waals surface area contributed by atoms with E-state index in [1.165, 1.54) is 44.9 Å². The predicted molar refractivity (Wildman–Crippen MR) is 94.1 cm³/mol. The Morgan fingerprint density at radius 2 is 1.80 bits per heavy atom. The summed E-state index contributed by atoms with van der Waals surface area (Å²) in [6.45, 7) is 5.02. The normalized spacial score (nSPS) is 59.6. The van der Waals surface area contributed by atoms with Crippen molar-refractivity contribution in [2.45, 2.75) is 102 Å². The predicted octanol–water partition coefficient (Wildman–Crippen LogP) is 4.28. The molecular weight excluding hydrogens is 312 g/mol. The van der Waals surface area contributed by atoms with Crippen molar-refractivity contribution in [2.75, 3.05) is 0 Å². The molecule has 25 heavy (non-hydrogen) atoms. The Labute approximate surface area is 151 Å². The highest BCUT2D eigenvalue weighted by molar-refractivity contribution is 5.88. The van der Waals surface area contributed by atoms with Gasteiger partial charge in [-0.25, -0.2) is 0 Å². The minimum absolute atomic E-state index is 0.0463. The van der Waals surface area contributed by atoms with Gasteiger partial charge in [-0.3, -0.25) is 4.79 Å². The summed E-state index contributed by atoms with van der Waals surface area (Å²) in [7, 11) is 0. The van der Waals surface area contributed by atoms with Gasteiger partial charge in [-0.15, -0.1) is 0 Å². The molecule has 6 rings (SSSR count). The number of epoxide rings is 1. The molecule has 1 heterocycles. The summed E-state index contributed by atoms with van der Waals surface area (Å²) in [6, 6.07) is 0. The summed E-state index contributed by atoms with van der Waals surface area (Å²) in [5.74, 6) is 2.81. The van der Waals surface area contributed by atoms with Crippen LogP contribution in [0.15, 0.2) is 0 Å².